The van der Waals surface area contributed by atoms with Crippen molar-refractivity contribution in [2.75, 3.05) is 19.8 Å². The summed E-state index contributed by atoms with van der Waals surface area (Å²) >= 11 is 0. The third-order valence-electron chi connectivity index (χ3n) is 3.24. The lowest BCUT2D eigenvalue weighted by molar-refractivity contribution is -0.238. The Labute approximate surface area is 130 Å². The monoisotopic (exact) mass is 293 g/mol. The Kier molecular flexibility index (Phi) is 7.94. The summed E-state index contributed by atoms with van der Waals surface area (Å²) < 4.78 is 11.1. The number of ether oxygens (including phenoxy) is 2. The minimum Gasteiger partial charge on any atom is -0.352 e. The van der Waals surface area contributed by atoms with Crippen LogP contribution in [-0.4, -0.2) is 26.0 Å². The summed E-state index contributed by atoms with van der Waals surface area (Å²) in [5.41, 5.74) is 1.55. The molecule has 1 fully saturated rings. The van der Waals surface area contributed by atoms with Crippen LogP contribution in [0, 0.1) is 11.3 Å². The van der Waals surface area contributed by atoms with Gasteiger partial charge in [-0.2, -0.15) is 0 Å². The Morgan fingerprint density at radius 1 is 1.14 bits per heavy atom. The summed E-state index contributed by atoms with van der Waals surface area (Å²) in [6.45, 7) is 14.3. The van der Waals surface area contributed by atoms with Crippen LogP contribution in [0.3, 0.4) is 0 Å². The van der Waals surface area contributed by atoms with Gasteiger partial charge in [-0.3, -0.25) is 0 Å². The Morgan fingerprint density at radius 2 is 1.71 bits per heavy atom. The van der Waals surface area contributed by atoms with Crippen LogP contribution in [0.4, 0.5) is 0 Å². The number of nitrogens with one attached hydrogen (secondary N) is 1. The average molecular weight is 293 g/mol. The number of benzene rings is 1. The smallest absolute Gasteiger partial charge is 0.159 e. The molecule has 1 aromatic rings. The fraction of sp³-hybridized carbons (Fsp3) is 0.667. The summed E-state index contributed by atoms with van der Waals surface area (Å²) in [5, 5.41) is 3.26. The molecule has 0 radical (unpaired) electrons. The highest BCUT2D eigenvalue weighted by Crippen LogP contribution is 2.25. The molecule has 1 aliphatic heterocycles. The van der Waals surface area contributed by atoms with E-state index in [-0.39, 0.29) is 11.7 Å². The van der Waals surface area contributed by atoms with Crippen molar-refractivity contribution < 1.29 is 9.47 Å². The Morgan fingerprint density at radius 3 is 2.19 bits per heavy atom. The second-order valence-corrected chi connectivity index (χ2v) is 6.66. The quantitative estimate of drug-likeness (QED) is 0.915. The molecule has 2 rings (SSSR count). The Balaban J connectivity index is 0.000000211. The van der Waals surface area contributed by atoms with Gasteiger partial charge in [0.15, 0.2) is 6.29 Å². The van der Waals surface area contributed by atoms with E-state index in [1.165, 1.54) is 5.56 Å². The number of rotatable bonds is 4. The zero-order chi connectivity index (χ0) is 15.7. The van der Waals surface area contributed by atoms with Gasteiger partial charge >= 0.3 is 0 Å². The zero-order valence-electron chi connectivity index (χ0n) is 14.2. The molecule has 21 heavy (non-hydrogen) atoms. The molecular weight excluding hydrogens is 262 g/mol. The van der Waals surface area contributed by atoms with E-state index < -0.39 is 0 Å². The maximum atomic E-state index is 5.53. The molecule has 1 heterocycles. The standard InChI is InChI=1S/C9H13N.C9H18O2/c1-2-10-8-9-6-4-3-5-7-9;1-7(2)8-10-5-9(3,4)6-11-8/h3-7,10H,2,8H2,1H3;7-8H,5-6H2,1-4H3. The third kappa shape index (κ3) is 7.60. The third-order valence-corrected chi connectivity index (χ3v) is 3.24. The van der Waals surface area contributed by atoms with Gasteiger partial charge in [-0.05, 0) is 12.1 Å². The molecular formula is C18H31NO2. The van der Waals surface area contributed by atoms with E-state index in [2.05, 4.69) is 64.2 Å². The SMILES string of the molecule is CC(C)C1OCC(C)(C)CO1.CCNCc1ccccc1. The van der Waals surface area contributed by atoms with Gasteiger partial charge in [0.2, 0.25) is 0 Å². The Bertz CT molecular complexity index is 366. The van der Waals surface area contributed by atoms with Gasteiger partial charge in [0.1, 0.15) is 0 Å². The molecule has 120 valence electrons. The molecule has 1 saturated heterocycles. The van der Waals surface area contributed by atoms with Gasteiger partial charge in [-0.25, -0.2) is 0 Å². The molecule has 0 spiro atoms. The summed E-state index contributed by atoms with van der Waals surface area (Å²) in [6.07, 6.45) is 0.0167. The van der Waals surface area contributed by atoms with Crippen LogP contribution in [-0.2, 0) is 16.0 Å². The van der Waals surface area contributed by atoms with Crippen molar-refractivity contribution in [2.45, 2.75) is 47.5 Å². The predicted molar refractivity (Wildman–Crippen MR) is 88.1 cm³/mol. The van der Waals surface area contributed by atoms with Crippen molar-refractivity contribution in [3.63, 3.8) is 0 Å². The second-order valence-electron chi connectivity index (χ2n) is 6.66. The van der Waals surface area contributed by atoms with Crippen molar-refractivity contribution in [1.82, 2.24) is 5.32 Å². The molecule has 1 aromatic carbocycles. The minimum absolute atomic E-state index is 0.0167. The molecule has 0 aromatic heterocycles. The molecule has 0 aliphatic carbocycles. The predicted octanol–water partition coefficient (Wildman–Crippen LogP) is 3.84. The first-order chi connectivity index (χ1) is 9.94. The average Bonchev–Trinajstić information content (AvgIpc) is 2.46. The molecule has 0 atom stereocenters. The van der Waals surface area contributed by atoms with E-state index in [1.807, 2.05) is 6.07 Å². The molecule has 1 N–H and O–H groups in total. The number of hydrogen-bond donors (Lipinski definition) is 1. The Hall–Kier alpha value is -0.900. The minimum atomic E-state index is 0.0167. The van der Waals surface area contributed by atoms with Crippen LogP contribution in [0.1, 0.15) is 40.2 Å². The van der Waals surface area contributed by atoms with Crippen molar-refractivity contribution in [2.24, 2.45) is 11.3 Å². The highest BCUT2D eigenvalue weighted by atomic mass is 16.7. The van der Waals surface area contributed by atoms with Crippen LogP contribution >= 0.6 is 0 Å². The lowest BCUT2D eigenvalue weighted by atomic mass is 9.95. The lowest BCUT2D eigenvalue weighted by Gasteiger charge is -2.36. The summed E-state index contributed by atoms with van der Waals surface area (Å²) in [6, 6.07) is 10.4. The van der Waals surface area contributed by atoms with E-state index >= 15 is 0 Å². The van der Waals surface area contributed by atoms with Gasteiger partial charge < -0.3 is 14.8 Å². The molecule has 0 amide bonds. The van der Waals surface area contributed by atoms with Crippen LogP contribution in [0.15, 0.2) is 30.3 Å². The molecule has 1 aliphatic rings. The van der Waals surface area contributed by atoms with E-state index in [4.69, 9.17) is 9.47 Å². The van der Waals surface area contributed by atoms with Crippen LogP contribution in [0.25, 0.3) is 0 Å². The fourth-order valence-electron chi connectivity index (χ4n) is 1.96. The first-order valence-corrected chi connectivity index (χ1v) is 7.92. The maximum Gasteiger partial charge on any atom is 0.159 e. The van der Waals surface area contributed by atoms with Crippen molar-refractivity contribution in [3.8, 4) is 0 Å². The molecule has 0 bridgehead atoms. The van der Waals surface area contributed by atoms with Crippen molar-refractivity contribution >= 4 is 0 Å². The number of hydrogen-bond acceptors (Lipinski definition) is 3. The molecule has 3 heteroatoms. The highest BCUT2D eigenvalue weighted by molar-refractivity contribution is 5.14. The fourth-order valence-corrected chi connectivity index (χ4v) is 1.96. The molecule has 0 unspecified atom stereocenters. The highest BCUT2D eigenvalue weighted by Gasteiger charge is 2.29. The van der Waals surface area contributed by atoms with Crippen molar-refractivity contribution in [1.29, 1.82) is 0 Å². The summed E-state index contributed by atoms with van der Waals surface area (Å²) in [4.78, 5) is 0. The molecule has 0 saturated carbocycles. The maximum absolute atomic E-state index is 5.53. The van der Waals surface area contributed by atoms with Gasteiger partial charge in [-0.1, -0.05) is 65.0 Å². The van der Waals surface area contributed by atoms with Gasteiger partial charge in [0.25, 0.3) is 0 Å². The van der Waals surface area contributed by atoms with E-state index in [0.29, 0.717) is 5.92 Å². The van der Waals surface area contributed by atoms with Crippen molar-refractivity contribution in [3.05, 3.63) is 35.9 Å². The van der Waals surface area contributed by atoms with Crippen LogP contribution < -0.4 is 5.32 Å². The largest absolute Gasteiger partial charge is 0.352 e. The second kappa shape index (κ2) is 9.19. The van der Waals surface area contributed by atoms with E-state index in [0.717, 1.165) is 26.3 Å². The van der Waals surface area contributed by atoms with E-state index in [9.17, 15) is 0 Å². The summed E-state index contributed by atoms with van der Waals surface area (Å²) in [5.74, 6) is 0.464. The van der Waals surface area contributed by atoms with Gasteiger partial charge in [-0.15, -0.1) is 0 Å². The van der Waals surface area contributed by atoms with Crippen LogP contribution in [0.5, 0.6) is 0 Å². The van der Waals surface area contributed by atoms with Crippen LogP contribution in [0.2, 0.25) is 0 Å². The molecule has 3 nitrogen and oxygen atoms in total. The first-order valence-electron chi connectivity index (χ1n) is 7.92. The zero-order valence-corrected chi connectivity index (χ0v) is 14.2. The normalized spacial score (nSPS) is 18.2. The summed E-state index contributed by atoms with van der Waals surface area (Å²) in [7, 11) is 0. The first kappa shape index (κ1) is 18.1. The van der Waals surface area contributed by atoms with Gasteiger partial charge in [0.05, 0.1) is 13.2 Å². The van der Waals surface area contributed by atoms with E-state index in [1.54, 1.807) is 0 Å². The lowest BCUT2D eigenvalue weighted by Crippen LogP contribution is -2.39. The topological polar surface area (TPSA) is 30.5 Å². The van der Waals surface area contributed by atoms with Gasteiger partial charge in [0, 0.05) is 17.9 Å².